The van der Waals surface area contributed by atoms with Crippen LogP contribution in [0.1, 0.15) is 21.5 Å². The monoisotopic (exact) mass is 472 g/mol. The van der Waals surface area contributed by atoms with Gasteiger partial charge in [0, 0.05) is 32.2 Å². The third-order valence-corrected chi connectivity index (χ3v) is 7.39. The van der Waals surface area contributed by atoms with Gasteiger partial charge in [-0.25, -0.2) is 18.0 Å². The van der Waals surface area contributed by atoms with E-state index in [1.165, 1.54) is 19.2 Å². The molecule has 1 fully saturated rings. The number of fused-ring (bicyclic) bond motifs is 1. The summed E-state index contributed by atoms with van der Waals surface area (Å²) in [6.45, 7) is 3.85. The zero-order chi connectivity index (χ0) is 23.6. The van der Waals surface area contributed by atoms with Gasteiger partial charge in [-0.05, 0) is 29.8 Å². The highest BCUT2D eigenvalue weighted by molar-refractivity contribution is 7.89. The first-order valence-corrected chi connectivity index (χ1v) is 11.8. The molecular formula is C23H24N2O7S. The zero-order valence-corrected chi connectivity index (χ0v) is 19.1. The maximum absolute atomic E-state index is 12.9. The number of carbonyl (C=O) groups is 2. The maximum Gasteiger partial charge on any atom is 0.359 e. The van der Waals surface area contributed by atoms with E-state index in [2.05, 4.69) is 4.90 Å². The summed E-state index contributed by atoms with van der Waals surface area (Å²) in [5, 5.41) is 0. The summed E-state index contributed by atoms with van der Waals surface area (Å²) in [5.41, 5.74) is 1.06. The van der Waals surface area contributed by atoms with Crippen LogP contribution in [0.25, 0.3) is 5.76 Å². The molecule has 0 unspecified atom stereocenters. The fraction of sp³-hybridized carbons (Fsp3) is 0.304. The van der Waals surface area contributed by atoms with E-state index in [9.17, 15) is 18.0 Å². The van der Waals surface area contributed by atoms with Crippen molar-refractivity contribution in [2.24, 2.45) is 0 Å². The first-order chi connectivity index (χ1) is 15.8. The zero-order valence-electron chi connectivity index (χ0n) is 18.3. The lowest BCUT2D eigenvalue weighted by atomic mass is 10.1. The molecule has 2 aliphatic heterocycles. The number of nitrogens with zero attached hydrogens (tertiary/aromatic N) is 2. The van der Waals surface area contributed by atoms with Crippen molar-refractivity contribution in [3.8, 4) is 0 Å². The minimum Gasteiger partial charge on any atom is -0.464 e. The molecule has 0 radical (unpaired) electrons. The smallest absolute Gasteiger partial charge is 0.359 e. The second-order valence-corrected chi connectivity index (χ2v) is 9.55. The average Bonchev–Trinajstić information content (AvgIpc) is 2.83. The number of ether oxygens (including phenoxy) is 3. The molecule has 0 N–H and O–H groups in total. The Bertz CT molecular complexity index is 1200. The molecule has 0 atom stereocenters. The van der Waals surface area contributed by atoms with Gasteiger partial charge in [-0.15, -0.1) is 0 Å². The van der Waals surface area contributed by atoms with Crippen molar-refractivity contribution in [3.63, 3.8) is 0 Å². The number of sulfonamides is 1. The van der Waals surface area contributed by atoms with E-state index in [0.717, 1.165) is 36.6 Å². The topological polar surface area (TPSA) is 102 Å². The van der Waals surface area contributed by atoms with Gasteiger partial charge in [-0.1, -0.05) is 24.3 Å². The van der Waals surface area contributed by atoms with Crippen LogP contribution in [0.2, 0.25) is 0 Å². The summed E-state index contributed by atoms with van der Waals surface area (Å²) in [4.78, 5) is 27.6. The Kier molecular flexibility index (Phi) is 6.50. The molecule has 2 aliphatic rings. The number of methoxy groups -OCH3 is 1. The molecule has 0 spiro atoms. The van der Waals surface area contributed by atoms with Crippen molar-refractivity contribution in [1.82, 2.24) is 9.21 Å². The normalized spacial score (nSPS) is 17.9. The van der Waals surface area contributed by atoms with Crippen LogP contribution in [0.3, 0.4) is 0 Å². The Labute approximate surface area is 192 Å². The number of hydrogen-bond donors (Lipinski definition) is 0. The highest BCUT2D eigenvalue weighted by Crippen LogP contribution is 2.37. The Balaban J connectivity index is 1.63. The second-order valence-electron chi connectivity index (χ2n) is 7.61. The van der Waals surface area contributed by atoms with Gasteiger partial charge in [0.15, 0.2) is 11.5 Å². The van der Waals surface area contributed by atoms with Crippen LogP contribution in [0.4, 0.5) is 0 Å². The van der Waals surface area contributed by atoms with Crippen LogP contribution in [0, 0.1) is 0 Å². The van der Waals surface area contributed by atoms with Crippen LogP contribution in [0.15, 0.2) is 59.1 Å². The lowest BCUT2D eigenvalue weighted by Crippen LogP contribution is -2.36. The number of morpholine rings is 1. The van der Waals surface area contributed by atoms with Crippen molar-refractivity contribution < 1.29 is 32.2 Å². The number of esters is 2. The van der Waals surface area contributed by atoms with Crippen LogP contribution in [-0.4, -0.2) is 70.0 Å². The summed E-state index contributed by atoms with van der Waals surface area (Å²) < 4.78 is 42.2. The van der Waals surface area contributed by atoms with Gasteiger partial charge in [0.1, 0.15) is 0 Å². The van der Waals surface area contributed by atoms with E-state index in [0.29, 0.717) is 13.2 Å². The van der Waals surface area contributed by atoms with E-state index in [1.54, 1.807) is 24.3 Å². The largest absolute Gasteiger partial charge is 0.464 e. The van der Waals surface area contributed by atoms with E-state index >= 15 is 0 Å². The third-order valence-electron chi connectivity index (χ3n) is 5.57. The van der Waals surface area contributed by atoms with Crippen LogP contribution < -0.4 is 0 Å². The van der Waals surface area contributed by atoms with Crippen molar-refractivity contribution in [3.05, 3.63) is 70.9 Å². The number of benzene rings is 2. The molecule has 33 heavy (non-hydrogen) atoms. The van der Waals surface area contributed by atoms with Crippen LogP contribution in [-0.2, 0) is 35.6 Å². The average molecular weight is 473 g/mol. The lowest BCUT2D eigenvalue weighted by Gasteiger charge is -2.29. The fourth-order valence-electron chi connectivity index (χ4n) is 3.75. The van der Waals surface area contributed by atoms with Crippen molar-refractivity contribution in [1.29, 1.82) is 0 Å². The Morgan fingerprint density at radius 3 is 2.33 bits per heavy atom. The highest BCUT2D eigenvalue weighted by atomic mass is 32.2. The molecule has 4 rings (SSSR count). The SMILES string of the molecule is COC(=O)C1=C(OC(=O)c2ccc(CN3CCOCC3)cc2)c2ccccc2S(=O)(=O)N1C. The molecule has 0 aromatic heterocycles. The van der Waals surface area contributed by atoms with Gasteiger partial charge in [0.2, 0.25) is 0 Å². The van der Waals surface area contributed by atoms with Gasteiger partial charge in [-0.2, -0.15) is 0 Å². The summed E-state index contributed by atoms with van der Waals surface area (Å²) in [6.07, 6.45) is 0. The molecular weight excluding hydrogens is 448 g/mol. The van der Waals surface area contributed by atoms with E-state index in [4.69, 9.17) is 14.2 Å². The second kappa shape index (κ2) is 9.34. The van der Waals surface area contributed by atoms with Gasteiger partial charge >= 0.3 is 11.9 Å². The van der Waals surface area contributed by atoms with Crippen molar-refractivity contribution in [2.75, 3.05) is 40.5 Å². The van der Waals surface area contributed by atoms with E-state index in [-0.39, 0.29) is 27.5 Å². The predicted octanol–water partition coefficient (Wildman–Crippen LogP) is 1.85. The standard InChI is InChI=1S/C23H24N2O7S/c1-24-20(23(27)30-2)21(18-5-3-4-6-19(18)33(24,28)29)32-22(26)17-9-7-16(8-10-17)15-25-11-13-31-14-12-25/h3-10H,11-15H2,1-2H3. The Morgan fingerprint density at radius 1 is 1.00 bits per heavy atom. The van der Waals surface area contributed by atoms with Crippen LogP contribution in [0.5, 0.6) is 0 Å². The predicted molar refractivity (Wildman–Crippen MR) is 118 cm³/mol. The van der Waals surface area contributed by atoms with Gasteiger partial charge in [0.25, 0.3) is 10.0 Å². The summed E-state index contributed by atoms with van der Waals surface area (Å²) >= 11 is 0. The molecule has 10 heteroatoms. The molecule has 2 aromatic carbocycles. The summed E-state index contributed by atoms with van der Waals surface area (Å²) in [7, 11) is -1.67. The van der Waals surface area contributed by atoms with E-state index in [1.807, 2.05) is 12.1 Å². The molecule has 0 bridgehead atoms. The minimum absolute atomic E-state index is 0.0659. The number of likely N-dealkylation sites (N-methyl/N-ethyl adjacent to an activating group) is 1. The summed E-state index contributed by atoms with van der Waals surface area (Å²) in [6, 6.07) is 13.0. The molecule has 0 saturated carbocycles. The Morgan fingerprint density at radius 2 is 1.67 bits per heavy atom. The first kappa shape index (κ1) is 23.0. The highest BCUT2D eigenvalue weighted by Gasteiger charge is 2.40. The first-order valence-electron chi connectivity index (χ1n) is 10.3. The molecule has 0 amide bonds. The fourth-order valence-corrected chi connectivity index (χ4v) is 5.14. The quantitative estimate of drug-likeness (QED) is 0.608. The molecule has 2 heterocycles. The molecule has 9 nitrogen and oxygen atoms in total. The van der Waals surface area contributed by atoms with Crippen LogP contribution >= 0.6 is 0 Å². The maximum atomic E-state index is 12.9. The number of carbonyl (C=O) groups excluding carboxylic acids is 2. The Hall–Kier alpha value is -3.21. The number of hydrogen-bond acceptors (Lipinski definition) is 8. The lowest BCUT2D eigenvalue weighted by molar-refractivity contribution is -0.137. The molecule has 2 aromatic rings. The van der Waals surface area contributed by atoms with Gasteiger partial charge in [-0.3, -0.25) is 9.21 Å². The van der Waals surface area contributed by atoms with Gasteiger partial charge in [0.05, 0.1) is 30.8 Å². The molecule has 1 saturated heterocycles. The molecule has 174 valence electrons. The van der Waals surface area contributed by atoms with Gasteiger partial charge < -0.3 is 14.2 Å². The van der Waals surface area contributed by atoms with Crippen molar-refractivity contribution in [2.45, 2.75) is 11.4 Å². The third kappa shape index (κ3) is 4.50. The molecule has 0 aliphatic carbocycles. The minimum atomic E-state index is -4.01. The number of rotatable bonds is 5. The van der Waals surface area contributed by atoms with Crippen molar-refractivity contribution >= 4 is 27.7 Å². The summed E-state index contributed by atoms with van der Waals surface area (Å²) in [5.74, 6) is -1.82. The van der Waals surface area contributed by atoms with E-state index < -0.39 is 22.0 Å².